The molecule has 0 aliphatic heterocycles. The molecule has 0 radical (unpaired) electrons. The maximum absolute atomic E-state index is 12.5. The lowest BCUT2D eigenvalue weighted by atomic mass is 9.90. The van der Waals surface area contributed by atoms with E-state index in [1.165, 1.54) is 6.92 Å². The highest BCUT2D eigenvalue weighted by Crippen LogP contribution is 2.44. The number of aliphatic carboxylic acids is 1. The van der Waals surface area contributed by atoms with Crippen LogP contribution >= 0.6 is 0 Å². The topological polar surface area (TPSA) is 125 Å². The van der Waals surface area contributed by atoms with Crippen LogP contribution in [0.1, 0.15) is 36.8 Å². The van der Waals surface area contributed by atoms with E-state index in [1.807, 2.05) is 36.4 Å². The van der Waals surface area contributed by atoms with Crippen molar-refractivity contribution in [3.63, 3.8) is 0 Å². The molecule has 2 aromatic rings. The number of carboxylic acids is 1. The smallest absolute Gasteiger partial charge is 0.407 e. The highest BCUT2D eigenvalue weighted by atomic mass is 16.5. The molecule has 178 valence electrons. The molecule has 8 heteroatoms. The number of hydrogen-bond donors (Lipinski definition) is 4. The van der Waals surface area contributed by atoms with Crippen LogP contribution in [0.15, 0.2) is 60.7 Å². The quantitative estimate of drug-likeness (QED) is 0.467. The third kappa shape index (κ3) is 4.97. The minimum absolute atomic E-state index is 0.0491. The van der Waals surface area contributed by atoms with E-state index in [0.717, 1.165) is 22.3 Å². The molecule has 0 saturated heterocycles. The van der Waals surface area contributed by atoms with Crippen LogP contribution in [-0.4, -0.2) is 53.0 Å². The van der Waals surface area contributed by atoms with Gasteiger partial charge < -0.3 is 25.6 Å². The molecule has 2 amide bonds. The Morgan fingerprint density at radius 1 is 1.06 bits per heavy atom. The summed E-state index contributed by atoms with van der Waals surface area (Å²) in [6, 6.07) is 14.4. The van der Waals surface area contributed by atoms with Crippen LogP contribution in [0.4, 0.5) is 4.79 Å². The Morgan fingerprint density at radius 3 is 2.26 bits per heavy atom. The van der Waals surface area contributed by atoms with Crippen LogP contribution < -0.4 is 10.6 Å². The number of nitrogens with one attached hydrogen (secondary N) is 2. The van der Waals surface area contributed by atoms with Crippen molar-refractivity contribution in [3.8, 4) is 11.1 Å². The van der Waals surface area contributed by atoms with Crippen LogP contribution in [0.5, 0.6) is 0 Å². The van der Waals surface area contributed by atoms with Gasteiger partial charge in [0.15, 0.2) is 6.04 Å². The molecule has 0 aromatic heterocycles. The molecule has 2 aliphatic rings. The predicted molar refractivity (Wildman–Crippen MR) is 125 cm³/mol. The molecule has 2 aliphatic carbocycles. The van der Waals surface area contributed by atoms with E-state index >= 15 is 0 Å². The van der Waals surface area contributed by atoms with Crippen LogP contribution in [0.3, 0.4) is 0 Å². The van der Waals surface area contributed by atoms with Gasteiger partial charge >= 0.3 is 12.1 Å². The van der Waals surface area contributed by atoms with E-state index in [9.17, 15) is 24.6 Å². The summed E-state index contributed by atoms with van der Waals surface area (Å²) in [5.41, 5.74) is 4.54. The number of rotatable bonds is 7. The number of alkyl carbamates (subject to hydrolysis) is 1. The number of aliphatic hydroxyl groups is 1. The monoisotopic (exact) mass is 464 g/mol. The van der Waals surface area contributed by atoms with Crippen molar-refractivity contribution >= 4 is 18.0 Å². The van der Waals surface area contributed by atoms with E-state index in [0.29, 0.717) is 12.8 Å². The molecule has 34 heavy (non-hydrogen) atoms. The zero-order valence-electron chi connectivity index (χ0n) is 18.8. The molecule has 0 bridgehead atoms. The number of fused-ring (bicyclic) bond motifs is 3. The fraction of sp³-hybridized carbons (Fsp3) is 0.346. The Hall–Kier alpha value is -3.65. The molecule has 4 unspecified atom stereocenters. The third-order valence-electron chi connectivity index (χ3n) is 6.39. The minimum Gasteiger partial charge on any atom is -0.480 e. The first-order chi connectivity index (χ1) is 16.3. The minimum atomic E-state index is -1.38. The largest absolute Gasteiger partial charge is 0.480 e. The summed E-state index contributed by atoms with van der Waals surface area (Å²) in [5.74, 6) is -2.35. The first kappa shape index (κ1) is 23.5. The van der Waals surface area contributed by atoms with Gasteiger partial charge in [0.25, 0.3) is 0 Å². The molecule has 0 heterocycles. The van der Waals surface area contributed by atoms with Crippen LogP contribution in [0, 0.1) is 5.92 Å². The average molecular weight is 465 g/mol. The number of allylic oxidation sites excluding steroid dienone is 1. The van der Waals surface area contributed by atoms with E-state index in [2.05, 4.69) is 22.8 Å². The molecule has 0 fully saturated rings. The molecule has 4 N–H and O–H groups in total. The molecule has 2 aromatic carbocycles. The number of carbonyl (C=O) groups is 3. The van der Waals surface area contributed by atoms with Crippen molar-refractivity contribution in [3.05, 3.63) is 71.8 Å². The van der Waals surface area contributed by atoms with Crippen molar-refractivity contribution < 1.29 is 29.3 Å². The highest BCUT2D eigenvalue weighted by Gasteiger charge is 2.32. The molecule has 0 saturated carbocycles. The molecule has 4 rings (SSSR count). The normalized spacial score (nSPS) is 20.5. The fourth-order valence-corrected chi connectivity index (χ4v) is 4.66. The Bertz CT molecular complexity index is 1070. The van der Waals surface area contributed by atoms with Gasteiger partial charge in [-0.2, -0.15) is 0 Å². The zero-order chi connectivity index (χ0) is 24.2. The maximum atomic E-state index is 12.5. The first-order valence-corrected chi connectivity index (χ1v) is 11.3. The lowest BCUT2D eigenvalue weighted by molar-refractivity contribution is -0.145. The lowest BCUT2D eigenvalue weighted by Gasteiger charge is -2.26. The Morgan fingerprint density at radius 2 is 1.68 bits per heavy atom. The number of aliphatic hydroxyl groups excluding tert-OH is 1. The average Bonchev–Trinajstić information content (AvgIpc) is 3.14. The fourth-order valence-electron chi connectivity index (χ4n) is 4.66. The highest BCUT2D eigenvalue weighted by molar-refractivity contribution is 5.85. The number of hydrogen-bond acceptors (Lipinski definition) is 5. The number of carbonyl (C=O) groups excluding carboxylic acids is 2. The van der Waals surface area contributed by atoms with Gasteiger partial charge in [-0.25, -0.2) is 9.59 Å². The second kappa shape index (κ2) is 10.1. The summed E-state index contributed by atoms with van der Waals surface area (Å²) < 4.78 is 5.57. The second-order valence-electron chi connectivity index (χ2n) is 8.74. The van der Waals surface area contributed by atoms with Crippen LogP contribution in [-0.2, 0) is 14.3 Å². The van der Waals surface area contributed by atoms with Crippen LogP contribution in [0.2, 0.25) is 0 Å². The van der Waals surface area contributed by atoms with Crippen LogP contribution in [0.25, 0.3) is 11.1 Å². The Kier molecular flexibility index (Phi) is 6.98. The number of amides is 2. The summed E-state index contributed by atoms with van der Waals surface area (Å²) in [6.07, 6.45) is 2.49. The van der Waals surface area contributed by atoms with E-state index in [4.69, 9.17) is 4.74 Å². The molecular weight excluding hydrogens is 436 g/mol. The Labute approximate surface area is 197 Å². The second-order valence-corrected chi connectivity index (χ2v) is 8.74. The zero-order valence-corrected chi connectivity index (χ0v) is 18.8. The Balaban J connectivity index is 1.33. The van der Waals surface area contributed by atoms with Gasteiger partial charge in [-0.05, 0) is 42.0 Å². The van der Waals surface area contributed by atoms with E-state index in [1.54, 1.807) is 12.2 Å². The summed E-state index contributed by atoms with van der Waals surface area (Å²) in [6.45, 7) is 1.50. The van der Waals surface area contributed by atoms with E-state index in [-0.39, 0.29) is 12.5 Å². The van der Waals surface area contributed by atoms with Gasteiger partial charge in [-0.1, -0.05) is 60.7 Å². The lowest BCUT2D eigenvalue weighted by Crippen LogP contribution is -2.50. The van der Waals surface area contributed by atoms with Gasteiger partial charge in [-0.3, -0.25) is 4.79 Å². The molecule has 0 spiro atoms. The standard InChI is InChI=1S/C26H28N2O6/c1-15(29)23(25(31)32)28-24(30)16-7-6-8-17(13-16)27-26(33)34-14-22-20-11-4-2-9-18(20)19-10-3-5-12-21(19)22/h2-6,8-12,15-17,22-23,29H,7,13-14H2,1H3,(H,27,33)(H,28,30)(H,31,32). The van der Waals surface area contributed by atoms with Gasteiger partial charge in [0.05, 0.1) is 12.1 Å². The van der Waals surface area contributed by atoms with Gasteiger partial charge in [0.1, 0.15) is 6.61 Å². The SMILES string of the molecule is CC(O)C(NC(=O)C1CC=CC(NC(=O)OCC2c3ccccc3-c3ccccc32)C1)C(=O)O. The number of benzene rings is 2. The van der Waals surface area contributed by atoms with Crippen molar-refractivity contribution in [1.29, 1.82) is 0 Å². The summed E-state index contributed by atoms with van der Waals surface area (Å²) in [7, 11) is 0. The van der Waals surface area contributed by atoms with Crippen molar-refractivity contribution in [2.75, 3.05) is 6.61 Å². The van der Waals surface area contributed by atoms with Crippen molar-refractivity contribution in [2.45, 2.75) is 43.9 Å². The van der Waals surface area contributed by atoms with Crippen molar-refractivity contribution in [1.82, 2.24) is 10.6 Å². The number of carboxylic acid groups (broad SMARTS) is 1. The summed E-state index contributed by atoms with van der Waals surface area (Å²) in [5, 5.41) is 23.9. The van der Waals surface area contributed by atoms with Crippen molar-refractivity contribution in [2.24, 2.45) is 5.92 Å². The maximum Gasteiger partial charge on any atom is 0.407 e. The van der Waals surface area contributed by atoms with Gasteiger partial charge in [0.2, 0.25) is 5.91 Å². The predicted octanol–water partition coefficient (Wildman–Crippen LogP) is 2.81. The molecule has 8 nitrogen and oxygen atoms in total. The summed E-state index contributed by atoms with van der Waals surface area (Å²) >= 11 is 0. The number of ether oxygens (including phenoxy) is 1. The van der Waals surface area contributed by atoms with Gasteiger partial charge in [-0.15, -0.1) is 0 Å². The van der Waals surface area contributed by atoms with Gasteiger partial charge in [0, 0.05) is 11.8 Å². The molecular formula is C26H28N2O6. The first-order valence-electron chi connectivity index (χ1n) is 11.3. The van der Waals surface area contributed by atoms with E-state index < -0.39 is 42.1 Å². The molecule has 4 atom stereocenters. The third-order valence-corrected chi connectivity index (χ3v) is 6.39. The summed E-state index contributed by atoms with van der Waals surface area (Å²) in [4.78, 5) is 36.3.